The van der Waals surface area contributed by atoms with Gasteiger partial charge >= 0.3 is 5.97 Å². The molecule has 0 fully saturated rings. The fourth-order valence-corrected chi connectivity index (χ4v) is 2.63. The first-order chi connectivity index (χ1) is 8.89. The Kier molecular flexibility index (Phi) is 5.46. The van der Waals surface area contributed by atoms with E-state index in [-0.39, 0.29) is 17.0 Å². The van der Waals surface area contributed by atoms with E-state index in [0.717, 1.165) is 10.4 Å². The van der Waals surface area contributed by atoms with Crippen molar-refractivity contribution in [1.29, 1.82) is 0 Å². The van der Waals surface area contributed by atoms with Crippen LogP contribution >= 0.6 is 0 Å². The van der Waals surface area contributed by atoms with Gasteiger partial charge in [0.25, 0.3) is 0 Å². The van der Waals surface area contributed by atoms with Crippen molar-refractivity contribution in [2.24, 2.45) is 0 Å². The molecule has 19 heavy (non-hydrogen) atoms. The summed E-state index contributed by atoms with van der Waals surface area (Å²) >= 11 is 0. The average molecular weight is 287 g/mol. The minimum Gasteiger partial charge on any atom is -0.478 e. The van der Waals surface area contributed by atoms with Crippen molar-refractivity contribution in [3.63, 3.8) is 0 Å². The van der Waals surface area contributed by atoms with Gasteiger partial charge < -0.3 is 9.84 Å². The first kappa shape index (κ1) is 15.6. The Morgan fingerprint density at radius 1 is 1.42 bits per heavy atom. The number of nitrogens with zero attached hydrogens (tertiary/aromatic N) is 1. The zero-order chi connectivity index (χ0) is 14.5. The minimum absolute atomic E-state index is 0.0357. The maximum absolute atomic E-state index is 12.2. The topological polar surface area (TPSA) is 83.9 Å². The molecule has 0 aliphatic carbocycles. The van der Waals surface area contributed by atoms with Crippen molar-refractivity contribution < 1.29 is 23.1 Å². The molecule has 0 heterocycles. The summed E-state index contributed by atoms with van der Waals surface area (Å²) in [4.78, 5) is 10.8. The van der Waals surface area contributed by atoms with Crippen LogP contribution in [0.25, 0.3) is 0 Å². The van der Waals surface area contributed by atoms with Crippen molar-refractivity contribution in [1.82, 2.24) is 4.31 Å². The molecule has 0 spiro atoms. The predicted molar refractivity (Wildman–Crippen MR) is 69.7 cm³/mol. The number of carboxylic acid groups (broad SMARTS) is 1. The van der Waals surface area contributed by atoms with E-state index in [1.54, 1.807) is 0 Å². The third-order valence-corrected chi connectivity index (χ3v) is 4.40. The van der Waals surface area contributed by atoms with Crippen LogP contribution in [0.4, 0.5) is 0 Å². The molecule has 1 aromatic rings. The van der Waals surface area contributed by atoms with Crippen LogP contribution in [-0.2, 0) is 14.8 Å². The Morgan fingerprint density at radius 2 is 2.11 bits per heavy atom. The highest BCUT2D eigenvalue weighted by atomic mass is 32.2. The number of benzene rings is 1. The molecule has 106 valence electrons. The second-order valence-corrected chi connectivity index (χ2v) is 5.90. The predicted octanol–water partition coefficient (Wildman–Crippen LogP) is 1.04. The lowest BCUT2D eigenvalue weighted by molar-refractivity contribution is 0.0696. The molecule has 0 aliphatic heterocycles. The Balaban J connectivity index is 2.93. The third-order valence-electron chi connectivity index (χ3n) is 2.54. The zero-order valence-corrected chi connectivity index (χ0v) is 11.7. The number of hydrogen-bond acceptors (Lipinski definition) is 4. The van der Waals surface area contributed by atoms with Crippen LogP contribution in [0.2, 0.25) is 0 Å². The van der Waals surface area contributed by atoms with E-state index in [4.69, 9.17) is 9.84 Å². The number of sulfonamides is 1. The molecule has 0 saturated carbocycles. The molecule has 0 aromatic heterocycles. The number of carboxylic acids is 1. The van der Waals surface area contributed by atoms with Crippen molar-refractivity contribution in [2.75, 3.05) is 26.8 Å². The van der Waals surface area contributed by atoms with Crippen molar-refractivity contribution >= 4 is 16.0 Å². The molecule has 6 nitrogen and oxygen atoms in total. The van der Waals surface area contributed by atoms with Gasteiger partial charge in [0.15, 0.2) is 0 Å². The number of likely N-dealkylation sites (N-methyl/N-ethyl adjacent to an activating group) is 1. The summed E-state index contributed by atoms with van der Waals surface area (Å²) in [7, 11) is -2.25. The van der Waals surface area contributed by atoms with Crippen LogP contribution < -0.4 is 0 Å². The van der Waals surface area contributed by atoms with Gasteiger partial charge in [-0.1, -0.05) is 6.07 Å². The summed E-state index contributed by atoms with van der Waals surface area (Å²) < 4.78 is 30.6. The van der Waals surface area contributed by atoms with Gasteiger partial charge in [0.05, 0.1) is 17.1 Å². The second kappa shape index (κ2) is 6.65. The van der Waals surface area contributed by atoms with Crippen molar-refractivity contribution in [3.8, 4) is 0 Å². The maximum atomic E-state index is 12.2. The van der Waals surface area contributed by atoms with Crippen LogP contribution in [0.15, 0.2) is 29.2 Å². The summed E-state index contributed by atoms with van der Waals surface area (Å²) in [5.74, 6) is -1.16. The molecule has 1 N–H and O–H groups in total. The molecule has 0 unspecified atom stereocenters. The third kappa shape index (κ3) is 4.02. The van der Waals surface area contributed by atoms with E-state index in [9.17, 15) is 13.2 Å². The zero-order valence-electron chi connectivity index (χ0n) is 10.9. The van der Waals surface area contributed by atoms with Gasteiger partial charge in [-0.15, -0.1) is 0 Å². The van der Waals surface area contributed by atoms with E-state index < -0.39 is 16.0 Å². The summed E-state index contributed by atoms with van der Waals surface area (Å²) in [5, 5.41) is 8.86. The van der Waals surface area contributed by atoms with Crippen molar-refractivity contribution in [3.05, 3.63) is 29.8 Å². The molecule has 7 heteroatoms. The highest BCUT2D eigenvalue weighted by molar-refractivity contribution is 7.89. The van der Waals surface area contributed by atoms with Crippen molar-refractivity contribution in [2.45, 2.75) is 11.8 Å². The van der Waals surface area contributed by atoms with E-state index in [1.165, 1.54) is 25.2 Å². The smallest absolute Gasteiger partial charge is 0.335 e. The quantitative estimate of drug-likeness (QED) is 0.758. The van der Waals surface area contributed by atoms with Gasteiger partial charge in [-0.05, 0) is 25.1 Å². The van der Waals surface area contributed by atoms with Gasteiger partial charge in [-0.2, -0.15) is 4.31 Å². The normalized spacial score (nSPS) is 11.7. The second-order valence-electron chi connectivity index (χ2n) is 3.86. The fourth-order valence-electron chi connectivity index (χ4n) is 1.43. The van der Waals surface area contributed by atoms with Gasteiger partial charge in [0, 0.05) is 20.2 Å². The fraction of sp³-hybridized carbons (Fsp3) is 0.417. The summed E-state index contributed by atoms with van der Waals surface area (Å²) in [6, 6.07) is 5.28. The molecule has 0 saturated heterocycles. The number of hydrogen-bond donors (Lipinski definition) is 1. The van der Waals surface area contributed by atoms with Gasteiger partial charge in [0.2, 0.25) is 10.0 Å². The molecule has 0 bridgehead atoms. The lowest BCUT2D eigenvalue weighted by atomic mass is 10.2. The number of ether oxygens (including phenoxy) is 1. The maximum Gasteiger partial charge on any atom is 0.335 e. The molecular weight excluding hydrogens is 270 g/mol. The summed E-state index contributed by atoms with van der Waals surface area (Å²) in [6.07, 6.45) is 0. The summed E-state index contributed by atoms with van der Waals surface area (Å²) in [6.45, 7) is 2.85. The van der Waals surface area contributed by atoms with Gasteiger partial charge in [-0.3, -0.25) is 0 Å². The SMILES string of the molecule is CCOCCN(C)S(=O)(=O)c1cccc(C(=O)O)c1. The lowest BCUT2D eigenvalue weighted by Gasteiger charge is -2.17. The largest absolute Gasteiger partial charge is 0.478 e. The van der Waals surface area contributed by atoms with E-state index in [2.05, 4.69) is 0 Å². The highest BCUT2D eigenvalue weighted by Crippen LogP contribution is 2.15. The number of rotatable bonds is 7. The van der Waals surface area contributed by atoms with Crippen LogP contribution in [0.1, 0.15) is 17.3 Å². The van der Waals surface area contributed by atoms with E-state index in [1.807, 2.05) is 6.92 Å². The minimum atomic E-state index is -3.69. The van der Waals surface area contributed by atoms with Crippen LogP contribution in [0, 0.1) is 0 Å². The lowest BCUT2D eigenvalue weighted by Crippen LogP contribution is -2.30. The Morgan fingerprint density at radius 3 is 2.68 bits per heavy atom. The molecule has 1 aromatic carbocycles. The molecule has 0 amide bonds. The highest BCUT2D eigenvalue weighted by Gasteiger charge is 2.21. The first-order valence-electron chi connectivity index (χ1n) is 5.77. The van der Waals surface area contributed by atoms with Crippen LogP contribution in [0.5, 0.6) is 0 Å². The van der Waals surface area contributed by atoms with E-state index in [0.29, 0.717) is 13.2 Å². The van der Waals surface area contributed by atoms with Crippen LogP contribution in [0.3, 0.4) is 0 Å². The van der Waals surface area contributed by atoms with Gasteiger partial charge in [0.1, 0.15) is 0 Å². The Bertz CT molecular complexity index is 541. The van der Waals surface area contributed by atoms with Gasteiger partial charge in [-0.25, -0.2) is 13.2 Å². The average Bonchev–Trinajstić information content (AvgIpc) is 2.39. The molecule has 1 rings (SSSR count). The summed E-state index contributed by atoms with van der Waals surface area (Å²) in [5.41, 5.74) is -0.0562. The monoisotopic (exact) mass is 287 g/mol. The molecule has 0 radical (unpaired) electrons. The van der Waals surface area contributed by atoms with E-state index >= 15 is 0 Å². The molecule has 0 atom stereocenters. The Labute approximate surface area is 112 Å². The molecular formula is C12H17NO5S. The first-order valence-corrected chi connectivity index (χ1v) is 7.21. The Hall–Kier alpha value is -1.44. The number of carbonyl (C=O) groups is 1. The number of aromatic carboxylic acids is 1. The molecule has 0 aliphatic rings. The van der Waals surface area contributed by atoms with Crippen LogP contribution in [-0.4, -0.2) is 50.6 Å². The standard InChI is InChI=1S/C12H17NO5S/c1-3-18-8-7-13(2)19(16,17)11-6-4-5-10(9-11)12(14)15/h4-6,9H,3,7-8H2,1-2H3,(H,14,15).